The first-order chi connectivity index (χ1) is 6.41. The SMILES string of the molecule is CC(C)(C)C(=O)C[C@@H](CO)NBC=O. The second-order valence-electron chi connectivity index (χ2n) is 4.33. The molecule has 0 saturated carbocycles. The average molecular weight is 199 g/mol. The molecule has 0 radical (unpaired) electrons. The maximum absolute atomic E-state index is 11.6. The number of nitrogens with one attached hydrogen (secondary N) is 1. The molecule has 5 heteroatoms. The molecule has 0 spiro atoms. The quantitative estimate of drug-likeness (QED) is 0.446. The fraction of sp³-hybridized carbons (Fsp3) is 0.778. The van der Waals surface area contributed by atoms with E-state index in [0.717, 1.165) is 0 Å². The van der Waals surface area contributed by atoms with E-state index in [4.69, 9.17) is 5.11 Å². The minimum Gasteiger partial charge on any atom is -0.395 e. The summed E-state index contributed by atoms with van der Waals surface area (Å²) in [5.74, 6) is 0.0787. The lowest BCUT2D eigenvalue weighted by atomic mass is 9.86. The van der Waals surface area contributed by atoms with E-state index in [2.05, 4.69) is 5.23 Å². The highest BCUT2D eigenvalue weighted by atomic mass is 16.3. The van der Waals surface area contributed by atoms with E-state index >= 15 is 0 Å². The van der Waals surface area contributed by atoms with Crippen molar-refractivity contribution in [1.29, 1.82) is 0 Å². The number of Topliss-reactive ketones (excluding diaryl/α,β-unsaturated/α-hetero) is 1. The predicted octanol–water partition coefficient (Wildman–Crippen LogP) is -0.516. The minimum atomic E-state index is -0.393. The third-order valence-corrected chi connectivity index (χ3v) is 1.98. The maximum Gasteiger partial charge on any atom is 0.278 e. The molecule has 0 unspecified atom stereocenters. The predicted molar refractivity (Wildman–Crippen MR) is 57.0 cm³/mol. The number of rotatable bonds is 6. The first kappa shape index (κ1) is 13.3. The molecular formula is C9H18BNO3. The van der Waals surface area contributed by atoms with Crippen LogP contribution in [0.2, 0.25) is 0 Å². The van der Waals surface area contributed by atoms with Crippen LogP contribution >= 0.6 is 0 Å². The van der Waals surface area contributed by atoms with Crippen molar-refractivity contribution in [1.82, 2.24) is 5.23 Å². The Morgan fingerprint density at radius 1 is 1.57 bits per heavy atom. The highest BCUT2D eigenvalue weighted by Crippen LogP contribution is 2.17. The number of hydrogen-bond donors (Lipinski definition) is 2. The molecule has 14 heavy (non-hydrogen) atoms. The fourth-order valence-corrected chi connectivity index (χ4v) is 0.946. The Kier molecular flexibility index (Phi) is 5.65. The lowest BCUT2D eigenvalue weighted by Crippen LogP contribution is -2.39. The van der Waals surface area contributed by atoms with E-state index < -0.39 is 5.41 Å². The lowest BCUT2D eigenvalue weighted by molar-refractivity contribution is -0.126. The number of carbonyl (C=O) groups is 2. The van der Waals surface area contributed by atoms with Crippen LogP contribution in [-0.2, 0) is 9.59 Å². The van der Waals surface area contributed by atoms with Crippen molar-refractivity contribution in [3.05, 3.63) is 0 Å². The zero-order chi connectivity index (χ0) is 11.2. The molecule has 0 fully saturated rings. The second-order valence-corrected chi connectivity index (χ2v) is 4.33. The average Bonchev–Trinajstić information content (AvgIpc) is 2.10. The summed E-state index contributed by atoms with van der Waals surface area (Å²) in [5.41, 5.74) is -0.393. The van der Waals surface area contributed by atoms with Gasteiger partial charge in [-0.3, -0.25) is 4.79 Å². The summed E-state index contributed by atoms with van der Waals surface area (Å²) in [7, 11) is 0.169. The molecule has 0 rings (SSSR count). The minimum absolute atomic E-state index is 0.0787. The molecule has 1 atom stereocenters. The Morgan fingerprint density at radius 3 is 2.50 bits per heavy atom. The highest BCUT2D eigenvalue weighted by Gasteiger charge is 2.23. The Hall–Kier alpha value is -0.675. The van der Waals surface area contributed by atoms with Crippen molar-refractivity contribution in [3.8, 4) is 0 Å². The van der Waals surface area contributed by atoms with Crippen LogP contribution in [0.25, 0.3) is 0 Å². The molecule has 0 amide bonds. The van der Waals surface area contributed by atoms with Gasteiger partial charge in [-0.2, -0.15) is 0 Å². The monoisotopic (exact) mass is 199 g/mol. The highest BCUT2D eigenvalue weighted by molar-refractivity contribution is 6.64. The molecule has 0 aromatic heterocycles. The Labute approximate surface area is 85.3 Å². The summed E-state index contributed by atoms with van der Waals surface area (Å²) in [6, 6.07) is -0.313. The van der Waals surface area contributed by atoms with Crippen molar-refractivity contribution in [2.45, 2.75) is 33.2 Å². The van der Waals surface area contributed by atoms with Crippen molar-refractivity contribution in [3.63, 3.8) is 0 Å². The van der Waals surface area contributed by atoms with Crippen LogP contribution in [-0.4, -0.2) is 37.1 Å². The maximum atomic E-state index is 11.6. The van der Waals surface area contributed by atoms with Crippen LogP contribution < -0.4 is 5.23 Å². The lowest BCUT2D eigenvalue weighted by Gasteiger charge is -2.20. The Balaban J connectivity index is 4.05. The smallest absolute Gasteiger partial charge is 0.278 e. The van der Waals surface area contributed by atoms with Crippen LogP contribution in [0.15, 0.2) is 0 Å². The van der Waals surface area contributed by atoms with Crippen LogP contribution in [0, 0.1) is 5.41 Å². The molecule has 0 aromatic carbocycles. The molecule has 0 heterocycles. The molecule has 0 aliphatic heterocycles. The van der Waals surface area contributed by atoms with Gasteiger partial charge in [0, 0.05) is 17.9 Å². The van der Waals surface area contributed by atoms with E-state index in [1.165, 1.54) is 0 Å². The molecule has 0 saturated heterocycles. The van der Waals surface area contributed by atoms with E-state index in [1.807, 2.05) is 20.8 Å². The zero-order valence-corrected chi connectivity index (χ0v) is 9.04. The van der Waals surface area contributed by atoms with Gasteiger partial charge in [0.1, 0.15) is 5.78 Å². The number of ketones is 1. The Bertz CT molecular complexity index is 201. The van der Waals surface area contributed by atoms with Gasteiger partial charge in [0.15, 0.2) is 0 Å². The third kappa shape index (κ3) is 5.14. The number of carbonyl (C=O) groups excluding carboxylic acids is 2. The first-order valence-electron chi connectivity index (χ1n) is 4.73. The van der Waals surface area contributed by atoms with Gasteiger partial charge in [-0.25, -0.2) is 0 Å². The van der Waals surface area contributed by atoms with Crippen molar-refractivity contribution < 1.29 is 14.7 Å². The normalized spacial score (nSPS) is 13.4. The van der Waals surface area contributed by atoms with Crippen molar-refractivity contribution in [2.75, 3.05) is 6.61 Å². The van der Waals surface area contributed by atoms with Gasteiger partial charge in [-0.05, 0) is 0 Å². The second kappa shape index (κ2) is 5.93. The van der Waals surface area contributed by atoms with Crippen LogP contribution in [0.3, 0.4) is 0 Å². The number of aliphatic hydroxyl groups excluding tert-OH is 1. The Morgan fingerprint density at radius 2 is 2.14 bits per heavy atom. The zero-order valence-electron chi connectivity index (χ0n) is 9.04. The number of hydrogen-bond acceptors (Lipinski definition) is 4. The largest absolute Gasteiger partial charge is 0.395 e. The topological polar surface area (TPSA) is 66.4 Å². The molecule has 0 bridgehead atoms. The van der Waals surface area contributed by atoms with E-state index in [0.29, 0.717) is 6.19 Å². The van der Waals surface area contributed by atoms with Gasteiger partial charge < -0.3 is 15.1 Å². The molecule has 2 N–H and O–H groups in total. The standard InChI is InChI=1S/C9H18BNO3/c1-9(2,3)8(14)4-7(5-12)11-10-6-13/h6-7,10-12H,4-5H2,1-3H3/t7-/m0/s1. The molecular weight excluding hydrogens is 181 g/mol. The summed E-state index contributed by atoms with van der Waals surface area (Å²) in [4.78, 5) is 21.6. The number of aliphatic hydroxyl groups is 1. The van der Waals surface area contributed by atoms with Crippen molar-refractivity contribution in [2.24, 2.45) is 5.41 Å². The van der Waals surface area contributed by atoms with E-state index in [-0.39, 0.29) is 32.3 Å². The van der Waals surface area contributed by atoms with Gasteiger partial charge in [0.25, 0.3) is 7.41 Å². The van der Waals surface area contributed by atoms with Crippen LogP contribution in [0.5, 0.6) is 0 Å². The van der Waals surface area contributed by atoms with Gasteiger partial charge in [0.05, 0.1) is 12.8 Å². The van der Waals surface area contributed by atoms with Crippen LogP contribution in [0.4, 0.5) is 0 Å². The van der Waals surface area contributed by atoms with Gasteiger partial charge in [0.2, 0.25) is 0 Å². The summed E-state index contributed by atoms with van der Waals surface area (Å²) in [6.45, 7) is 5.38. The summed E-state index contributed by atoms with van der Waals surface area (Å²) in [6.07, 6.45) is 0.970. The molecule has 0 aliphatic carbocycles. The van der Waals surface area contributed by atoms with Gasteiger partial charge in [-0.15, -0.1) is 0 Å². The summed E-state index contributed by atoms with van der Waals surface area (Å²) >= 11 is 0. The van der Waals surface area contributed by atoms with E-state index in [9.17, 15) is 9.59 Å². The first-order valence-corrected chi connectivity index (χ1v) is 4.73. The molecule has 0 aliphatic rings. The van der Waals surface area contributed by atoms with Crippen molar-refractivity contribution >= 4 is 19.4 Å². The summed E-state index contributed by atoms with van der Waals surface area (Å²) in [5, 5.41) is 11.7. The third-order valence-electron chi connectivity index (χ3n) is 1.98. The van der Waals surface area contributed by atoms with Gasteiger partial charge in [-0.1, -0.05) is 20.8 Å². The molecule has 0 aromatic rings. The fourth-order valence-electron chi connectivity index (χ4n) is 0.946. The van der Waals surface area contributed by atoms with Crippen LogP contribution in [0.1, 0.15) is 27.2 Å². The van der Waals surface area contributed by atoms with Gasteiger partial charge >= 0.3 is 0 Å². The molecule has 4 nitrogen and oxygen atoms in total. The van der Waals surface area contributed by atoms with E-state index in [1.54, 1.807) is 0 Å². The summed E-state index contributed by atoms with van der Waals surface area (Å²) < 4.78 is 0. The molecule has 80 valence electrons.